The summed E-state index contributed by atoms with van der Waals surface area (Å²) in [5, 5.41) is 0.722. The molecule has 6 heteroatoms. The van der Waals surface area contributed by atoms with Crippen molar-refractivity contribution in [2.24, 2.45) is 0 Å². The molecule has 1 aliphatic rings. The summed E-state index contributed by atoms with van der Waals surface area (Å²) in [6.07, 6.45) is 3.83. The first kappa shape index (κ1) is 16.3. The van der Waals surface area contributed by atoms with Crippen LogP contribution < -0.4 is 0 Å². The highest BCUT2D eigenvalue weighted by Gasteiger charge is 2.30. The van der Waals surface area contributed by atoms with Gasteiger partial charge in [0.15, 0.2) is 0 Å². The van der Waals surface area contributed by atoms with E-state index in [1.165, 1.54) is 11.8 Å². The first-order valence-electron chi connectivity index (χ1n) is 7.20. The van der Waals surface area contributed by atoms with Crippen LogP contribution in [0.2, 0.25) is 5.02 Å². The number of benzene rings is 1. The molecule has 0 unspecified atom stereocenters. The fraction of sp³-hybridized carbons (Fsp3) is 0.176. The quantitative estimate of drug-likeness (QED) is 0.586. The maximum absolute atomic E-state index is 12.3. The van der Waals surface area contributed by atoms with E-state index in [0.717, 1.165) is 22.0 Å². The lowest BCUT2D eigenvalue weighted by atomic mass is 10.2. The highest BCUT2D eigenvalue weighted by Crippen LogP contribution is 2.32. The molecule has 2 aromatic rings. The number of carbonyl (C=O) groups excluding carboxylic acids is 1. The summed E-state index contributed by atoms with van der Waals surface area (Å²) in [5.74, 6) is -0.0304. The second-order valence-electron chi connectivity index (χ2n) is 5.16. The van der Waals surface area contributed by atoms with Crippen LogP contribution in [0, 0.1) is 6.92 Å². The number of likely N-dealkylation sites (N-methyl/N-ethyl adjacent to an activating group) is 1. The Kier molecular flexibility index (Phi) is 4.62. The average molecular weight is 363 g/mol. The van der Waals surface area contributed by atoms with Crippen LogP contribution in [0.4, 0.5) is 0 Å². The van der Waals surface area contributed by atoms with Crippen LogP contribution in [0.25, 0.3) is 11.8 Å². The number of thiocarbonyl (C=S) groups is 1. The zero-order valence-corrected chi connectivity index (χ0v) is 15.1. The second-order valence-corrected chi connectivity index (χ2v) is 7.25. The first-order valence-corrected chi connectivity index (χ1v) is 8.80. The molecule has 3 rings (SSSR count). The molecule has 1 amide bonds. The highest BCUT2D eigenvalue weighted by atomic mass is 35.5. The van der Waals surface area contributed by atoms with Gasteiger partial charge in [-0.15, -0.1) is 0 Å². The number of aromatic nitrogens is 1. The van der Waals surface area contributed by atoms with Crippen molar-refractivity contribution in [2.45, 2.75) is 13.8 Å². The van der Waals surface area contributed by atoms with Crippen molar-refractivity contribution in [1.82, 2.24) is 9.47 Å². The third-order valence-corrected chi connectivity index (χ3v) is 5.47. The highest BCUT2D eigenvalue weighted by molar-refractivity contribution is 8.26. The number of thioether (sulfide) groups is 1. The summed E-state index contributed by atoms with van der Waals surface area (Å²) in [7, 11) is 0. The lowest BCUT2D eigenvalue weighted by molar-refractivity contribution is -0.121. The molecule has 0 aliphatic carbocycles. The molecule has 2 heterocycles. The van der Waals surface area contributed by atoms with Crippen molar-refractivity contribution in [2.75, 3.05) is 6.54 Å². The SMILES string of the molecule is CCN1C(=O)C(=Cc2cccn2-c2ccc(C)c(Cl)c2)SC1=S. The lowest BCUT2D eigenvalue weighted by Crippen LogP contribution is -2.27. The first-order chi connectivity index (χ1) is 11.0. The molecule has 3 nitrogen and oxygen atoms in total. The fourth-order valence-electron chi connectivity index (χ4n) is 2.39. The normalized spacial score (nSPS) is 16.7. The van der Waals surface area contributed by atoms with Crippen molar-refractivity contribution >= 4 is 51.9 Å². The molecule has 1 saturated heterocycles. The lowest BCUT2D eigenvalue weighted by Gasteiger charge is -2.10. The summed E-state index contributed by atoms with van der Waals surface area (Å²) in [5.41, 5.74) is 2.91. The molecule has 0 spiro atoms. The van der Waals surface area contributed by atoms with E-state index in [9.17, 15) is 4.79 Å². The van der Waals surface area contributed by atoms with Crippen LogP contribution in [-0.4, -0.2) is 26.2 Å². The summed E-state index contributed by atoms with van der Waals surface area (Å²) >= 11 is 12.8. The Bertz CT molecular complexity index is 826. The van der Waals surface area contributed by atoms with Gasteiger partial charge in [0, 0.05) is 29.1 Å². The average Bonchev–Trinajstić information content (AvgIpc) is 3.08. The van der Waals surface area contributed by atoms with Gasteiger partial charge in [-0.3, -0.25) is 9.69 Å². The van der Waals surface area contributed by atoms with Crippen LogP contribution >= 0.6 is 35.6 Å². The van der Waals surface area contributed by atoms with Gasteiger partial charge in [-0.05, 0) is 49.8 Å². The summed E-state index contributed by atoms with van der Waals surface area (Å²) in [4.78, 5) is 14.6. The smallest absolute Gasteiger partial charge is 0.266 e. The van der Waals surface area contributed by atoms with Crippen LogP contribution in [0.3, 0.4) is 0 Å². The Morgan fingerprint density at radius 3 is 2.78 bits per heavy atom. The molecule has 0 atom stereocenters. The van der Waals surface area contributed by atoms with Crippen LogP contribution in [0.5, 0.6) is 0 Å². The molecule has 0 bridgehead atoms. The van der Waals surface area contributed by atoms with E-state index in [0.29, 0.717) is 15.8 Å². The molecular weight excluding hydrogens is 348 g/mol. The van der Waals surface area contributed by atoms with Crippen LogP contribution in [0.15, 0.2) is 41.4 Å². The minimum Gasteiger partial charge on any atom is -0.317 e. The van der Waals surface area contributed by atoms with E-state index in [2.05, 4.69) is 0 Å². The molecule has 0 radical (unpaired) electrons. The number of carbonyl (C=O) groups is 1. The Balaban J connectivity index is 1.99. The van der Waals surface area contributed by atoms with Crippen molar-refractivity contribution < 1.29 is 4.79 Å². The van der Waals surface area contributed by atoms with Crippen molar-refractivity contribution in [3.8, 4) is 5.69 Å². The molecule has 23 heavy (non-hydrogen) atoms. The van der Waals surface area contributed by atoms with Gasteiger partial charge < -0.3 is 4.57 Å². The van der Waals surface area contributed by atoms with Gasteiger partial charge in [0.05, 0.1) is 4.91 Å². The molecule has 118 valence electrons. The molecular formula is C17H15ClN2OS2. The maximum atomic E-state index is 12.3. The predicted octanol–water partition coefficient (Wildman–Crippen LogP) is 4.66. The van der Waals surface area contributed by atoms with E-state index in [1.54, 1.807) is 4.90 Å². The van der Waals surface area contributed by atoms with E-state index >= 15 is 0 Å². The number of aryl methyl sites for hydroxylation is 1. The Morgan fingerprint density at radius 2 is 2.13 bits per heavy atom. The van der Waals surface area contributed by atoms with Crippen LogP contribution in [-0.2, 0) is 4.79 Å². The molecule has 1 aliphatic heterocycles. The number of hydrogen-bond donors (Lipinski definition) is 0. The van der Waals surface area contributed by atoms with E-state index < -0.39 is 0 Å². The van der Waals surface area contributed by atoms with Gasteiger partial charge in [0.1, 0.15) is 4.32 Å². The van der Waals surface area contributed by atoms with Gasteiger partial charge in [-0.1, -0.05) is 41.6 Å². The molecule has 1 fully saturated rings. The third-order valence-electron chi connectivity index (χ3n) is 3.68. The van der Waals surface area contributed by atoms with E-state index in [1.807, 2.05) is 61.0 Å². The van der Waals surface area contributed by atoms with E-state index in [-0.39, 0.29) is 5.91 Å². The van der Waals surface area contributed by atoms with Gasteiger partial charge in [-0.25, -0.2) is 0 Å². The standard InChI is InChI=1S/C17H15ClN2OS2/c1-3-19-16(21)15(23-17(19)22)10-12-5-4-8-20(12)13-7-6-11(2)14(18)9-13/h4-10H,3H2,1-2H3. The number of hydrogen-bond acceptors (Lipinski definition) is 3. The number of nitrogens with zero attached hydrogens (tertiary/aromatic N) is 2. The minimum absolute atomic E-state index is 0.0304. The molecule has 1 aromatic carbocycles. The second kappa shape index (κ2) is 6.51. The Morgan fingerprint density at radius 1 is 1.35 bits per heavy atom. The van der Waals surface area contributed by atoms with Crippen molar-refractivity contribution in [3.63, 3.8) is 0 Å². The van der Waals surface area contributed by atoms with Gasteiger partial charge >= 0.3 is 0 Å². The fourth-order valence-corrected chi connectivity index (χ4v) is 3.93. The van der Waals surface area contributed by atoms with Gasteiger partial charge in [0.25, 0.3) is 5.91 Å². The van der Waals surface area contributed by atoms with Crippen molar-refractivity contribution in [1.29, 1.82) is 0 Å². The molecule has 0 saturated carbocycles. The maximum Gasteiger partial charge on any atom is 0.266 e. The zero-order chi connectivity index (χ0) is 16.6. The van der Waals surface area contributed by atoms with E-state index in [4.69, 9.17) is 23.8 Å². The number of rotatable bonds is 3. The summed E-state index contributed by atoms with van der Waals surface area (Å²) < 4.78 is 2.62. The zero-order valence-electron chi connectivity index (χ0n) is 12.7. The molecule has 1 aromatic heterocycles. The largest absolute Gasteiger partial charge is 0.317 e. The number of halogens is 1. The number of amides is 1. The summed E-state index contributed by atoms with van der Waals surface area (Å²) in [6.45, 7) is 4.49. The third kappa shape index (κ3) is 3.09. The Labute approximate surface area is 149 Å². The topological polar surface area (TPSA) is 25.2 Å². The minimum atomic E-state index is -0.0304. The molecule has 0 N–H and O–H groups in total. The summed E-state index contributed by atoms with van der Waals surface area (Å²) in [6, 6.07) is 9.83. The van der Waals surface area contributed by atoms with Crippen molar-refractivity contribution in [3.05, 3.63) is 57.7 Å². The van der Waals surface area contributed by atoms with Gasteiger partial charge in [0.2, 0.25) is 0 Å². The van der Waals surface area contributed by atoms with Gasteiger partial charge in [-0.2, -0.15) is 0 Å². The van der Waals surface area contributed by atoms with Crippen LogP contribution in [0.1, 0.15) is 18.2 Å². The Hall–Kier alpha value is -1.56. The monoisotopic (exact) mass is 362 g/mol. The predicted molar refractivity (Wildman–Crippen MR) is 101 cm³/mol.